The summed E-state index contributed by atoms with van der Waals surface area (Å²) in [6.45, 7) is 7.70. The van der Waals surface area contributed by atoms with E-state index in [-0.39, 0.29) is 23.7 Å². The Morgan fingerprint density at radius 1 is 1.24 bits per heavy atom. The zero-order valence-electron chi connectivity index (χ0n) is 13.0. The van der Waals surface area contributed by atoms with Crippen LogP contribution in [0.15, 0.2) is 0 Å². The number of hydrogen-bond acceptors (Lipinski definition) is 5. The van der Waals surface area contributed by atoms with Crippen molar-refractivity contribution in [2.75, 3.05) is 6.54 Å². The van der Waals surface area contributed by atoms with Crippen LogP contribution < -0.4 is 15.8 Å². The van der Waals surface area contributed by atoms with Gasteiger partial charge in [0.2, 0.25) is 5.91 Å². The van der Waals surface area contributed by atoms with Crippen LogP contribution in [-0.4, -0.2) is 41.4 Å². The Morgan fingerprint density at radius 3 is 2.38 bits per heavy atom. The van der Waals surface area contributed by atoms with Gasteiger partial charge in [0, 0.05) is 12.5 Å². The molecule has 0 aromatic heterocycles. The second-order valence-electron chi connectivity index (χ2n) is 5.90. The molecule has 21 heavy (non-hydrogen) atoms. The van der Waals surface area contributed by atoms with Gasteiger partial charge in [0.1, 0.15) is 6.04 Å². The first-order chi connectivity index (χ1) is 9.73. The largest absolute Gasteiger partial charge is 0.548 e. The topological polar surface area (TPSA) is 102 Å². The first-order valence-electron chi connectivity index (χ1n) is 7.32. The Labute approximate surface area is 125 Å². The van der Waals surface area contributed by atoms with Crippen molar-refractivity contribution in [3.05, 3.63) is 0 Å². The molecule has 0 aromatic rings. The summed E-state index contributed by atoms with van der Waals surface area (Å²) < 4.78 is 0. The molecule has 1 saturated heterocycles. The lowest BCUT2D eigenvalue weighted by atomic mass is 9.97. The molecule has 2 unspecified atom stereocenters. The summed E-state index contributed by atoms with van der Waals surface area (Å²) in [4.78, 5) is 35.0. The van der Waals surface area contributed by atoms with Crippen LogP contribution in [0.2, 0.25) is 0 Å². The van der Waals surface area contributed by atoms with Gasteiger partial charge in [-0.15, -0.1) is 0 Å². The molecule has 1 rings (SSSR count). The molecule has 1 aliphatic rings. The standard InChI is InChI=1S/C14H25N3O4/c1-8(2)9(3)12(18)15-10(4)13(19)17-7-5-6-11(16-17)14(20)21/h8-11,16H,5-7H2,1-4H3,(H,15,18)(H,20,21)/p-1/t9-,10?,11?/m0/s1. The summed E-state index contributed by atoms with van der Waals surface area (Å²) in [7, 11) is 0. The number of carbonyl (C=O) groups excluding carboxylic acids is 3. The summed E-state index contributed by atoms with van der Waals surface area (Å²) in [5, 5.41) is 14.8. The van der Waals surface area contributed by atoms with E-state index in [1.54, 1.807) is 6.92 Å². The smallest absolute Gasteiger partial charge is 0.258 e. The summed E-state index contributed by atoms with van der Waals surface area (Å²) in [6.07, 6.45) is 1.01. The van der Waals surface area contributed by atoms with E-state index < -0.39 is 18.1 Å². The number of aliphatic carboxylic acids is 1. The maximum Gasteiger partial charge on any atom is 0.258 e. The lowest BCUT2D eigenvalue weighted by molar-refractivity contribution is -0.310. The Balaban J connectivity index is 2.57. The minimum Gasteiger partial charge on any atom is -0.548 e. The number of nitrogens with zero attached hydrogens (tertiary/aromatic N) is 1. The van der Waals surface area contributed by atoms with Crippen molar-refractivity contribution in [2.45, 2.75) is 52.6 Å². The zero-order valence-corrected chi connectivity index (χ0v) is 13.0. The number of hydrogen-bond donors (Lipinski definition) is 2. The fourth-order valence-corrected chi connectivity index (χ4v) is 2.06. The second kappa shape index (κ2) is 7.40. The van der Waals surface area contributed by atoms with Crippen molar-refractivity contribution in [1.82, 2.24) is 15.8 Å². The third-order valence-corrected chi connectivity index (χ3v) is 3.88. The average molecular weight is 298 g/mol. The van der Waals surface area contributed by atoms with E-state index in [9.17, 15) is 19.5 Å². The molecular weight excluding hydrogens is 274 g/mol. The quantitative estimate of drug-likeness (QED) is 0.680. The Hall–Kier alpha value is -1.63. The summed E-state index contributed by atoms with van der Waals surface area (Å²) in [5.41, 5.74) is 2.63. The minimum absolute atomic E-state index is 0.181. The van der Waals surface area contributed by atoms with Crippen molar-refractivity contribution in [1.29, 1.82) is 0 Å². The molecule has 1 heterocycles. The van der Waals surface area contributed by atoms with Crippen molar-refractivity contribution < 1.29 is 19.5 Å². The lowest BCUT2D eigenvalue weighted by Gasteiger charge is -2.36. The van der Waals surface area contributed by atoms with Gasteiger partial charge >= 0.3 is 0 Å². The summed E-state index contributed by atoms with van der Waals surface area (Å²) >= 11 is 0. The Bertz CT molecular complexity index is 411. The number of carbonyl (C=O) groups is 3. The highest BCUT2D eigenvalue weighted by Crippen LogP contribution is 2.11. The fourth-order valence-electron chi connectivity index (χ4n) is 2.06. The van der Waals surface area contributed by atoms with Gasteiger partial charge in [0.25, 0.3) is 5.91 Å². The Kier molecular flexibility index (Phi) is 6.14. The molecule has 0 spiro atoms. The van der Waals surface area contributed by atoms with Crippen LogP contribution in [0.25, 0.3) is 0 Å². The molecule has 2 N–H and O–H groups in total. The van der Waals surface area contributed by atoms with Gasteiger partial charge in [-0.3, -0.25) is 14.6 Å². The highest BCUT2D eigenvalue weighted by molar-refractivity contribution is 5.88. The molecule has 0 aromatic carbocycles. The van der Waals surface area contributed by atoms with E-state index in [1.165, 1.54) is 5.01 Å². The predicted molar refractivity (Wildman–Crippen MR) is 74.5 cm³/mol. The van der Waals surface area contributed by atoms with Gasteiger partial charge in [-0.1, -0.05) is 20.8 Å². The minimum atomic E-state index is -1.22. The Morgan fingerprint density at radius 2 is 1.86 bits per heavy atom. The van der Waals surface area contributed by atoms with Gasteiger partial charge in [0.15, 0.2) is 0 Å². The fraction of sp³-hybridized carbons (Fsp3) is 0.786. The van der Waals surface area contributed by atoms with Gasteiger partial charge in [-0.25, -0.2) is 5.43 Å². The van der Waals surface area contributed by atoms with Crippen LogP contribution in [0.4, 0.5) is 0 Å². The average Bonchev–Trinajstić information content (AvgIpc) is 2.45. The van der Waals surface area contributed by atoms with Crippen molar-refractivity contribution in [2.24, 2.45) is 11.8 Å². The molecule has 1 aliphatic heterocycles. The van der Waals surface area contributed by atoms with Crippen LogP contribution in [0.3, 0.4) is 0 Å². The SMILES string of the molecule is CC(NC(=O)[C@@H](C)C(C)C)C(=O)N1CCCC(C(=O)[O-])N1. The molecule has 0 aliphatic carbocycles. The number of carboxylic acids is 1. The molecule has 0 radical (unpaired) electrons. The van der Waals surface area contributed by atoms with Gasteiger partial charge < -0.3 is 15.2 Å². The highest BCUT2D eigenvalue weighted by atomic mass is 16.4. The molecule has 7 heteroatoms. The first kappa shape index (κ1) is 17.4. The second-order valence-corrected chi connectivity index (χ2v) is 5.90. The van der Waals surface area contributed by atoms with Crippen molar-refractivity contribution >= 4 is 17.8 Å². The maximum absolute atomic E-state index is 12.2. The maximum atomic E-state index is 12.2. The van der Waals surface area contributed by atoms with E-state index >= 15 is 0 Å². The molecule has 1 fully saturated rings. The molecule has 3 atom stereocenters. The first-order valence-corrected chi connectivity index (χ1v) is 7.32. The number of hydrazine groups is 1. The van der Waals surface area contributed by atoms with Crippen molar-refractivity contribution in [3.8, 4) is 0 Å². The lowest BCUT2D eigenvalue weighted by Crippen LogP contribution is -2.61. The third kappa shape index (κ3) is 4.70. The predicted octanol–water partition coefficient (Wildman–Crippen LogP) is -0.971. The van der Waals surface area contributed by atoms with Crippen LogP contribution in [0, 0.1) is 11.8 Å². The molecule has 120 valence electrons. The van der Waals surface area contributed by atoms with Crippen LogP contribution in [0.1, 0.15) is 40.5 Å². The van der Waals surface area contributed by atoms with E-state index in [4.69, 9.17) is 0 Å². The normalized spacial score (nSPS) is 21.8. The number of nitrogens with one attached hydrogen (secondary N) is 2. The molecule has 0 bridgehead atoms. The molecule has 7 nitrogen and oxygen atoms in total. The summed E-state index contributed by atoms with van der Waals surface area (Å²) in [5.74, 6) is -1.75. The van der Waals surface area contributed by atoms with E-state index in [0.717, 1.165) is 0 Å². The van der Waals surface area contributed by atoms with Crippen LogP contribution >= 0.6 is 0 Å². The van der Waals surface area contributed by atoms with Crippen molar-refractivity contribution in [3.63, 3.8) is 0 Å². The summed E-state index contributed by atoms with van der Waals surface area (Å²) in [6, 6.07) is -1.56. The van der Waals surface area contributed by atoms with E-state index in [2.05, 4.69) is 10.7 Å². The number of amides is 2. The highest BCUT2D eigenvalue weighted by Gasteiger charge is 2.28. The van der Waals surface area contributed by atoms with Gasteiger partial charge in [0.05, 0.1) is 12.0 Å². The molecule has 2 amide bonds. The van der Waals surface area contributed by atoms with E-state index in [1.807, 2.05) is 20.8 Å². The van der Waals surface area contributed by atoms with Gasteiger partial charge in [-0.2, -0.15) is 0 Å². The number of carboxylic acid groups (broad SMARTS) is 1. The van der Waals surface area contributed by atoms with Gasteiger partial charge in [-0.05, 0) is 25.7 Å². The zero-order chi connectivity index (χ0) is 16.2. The third-order valence-electron chi connectivity index (χ3n) is 3.88. The molecular formula is C14H24N3O4-. The monoisotopic (exact) mass is 298 g/mol. The van der Waals surface area contributed by atoms with Crippen LogP contribution in [0.5, 0.6) is 0 Å². The molecule has 0 saturated carbocycles. The van der Waals surface area contributed by atoms with Crippen LogP contribution in [-0.2, 0) is 14.4 Å². The number of rotatable bonds is 5. The van der Waals surface area contributed by atoms with E-state index in [0.29, 0.717) is 19.4 Å².